The van der Waals surface area contributed by atoms with E-state index in [9.17, 15) is 18.4 Å². The molecule has 5 rings (SSSR count). The molecule has 1 aliphatic carbocycles. The number of nitrogens with two attached hydrogens (primary N) is 1. The molecule has 4 N–H and O–H groups in total. The Balaban J connectivity index is 1.61. The molecule has 0 radical (unpaired) electrons. The van der Waals surface area contributed by atoms with Crippen molar-refractivity contribution < 1.29 is 27.8 Å². The van der Waals surface area contributed by atoms with Gasteiger partial charge in [-0.2, -0.15) is 0 Å². The molecule has 11 nitrogen and oxygen atoms in total. The van der Waals surface area contributed by atoms with Gasteiger partial charge in [0.1, 0.15) is 34.7 Å². The number of alkyl halides is 1. The second-order valence-corrected chi connectivity index (χ2v) is 9.23. The summed E-state index contributed by atoms with van der Waals surface area (Å²) in [5.41, 5.74) is 7.74. The molecule has 2 aromatic heterocycles. The van der Waals surface area contributed by atoms with Crippen molar-refractivity contribution in [1.29, 1.82) is 0 Å². The van der Waals surface area contributed by atoms with Crippen molar-refractivity contribution in [2.45, 2.75) is 18.5 Å². The minimum absolute atomic E-state index is 0.0709. The SMILES string of the molecule is C=C(F)C(=O)Nc1ccc(-c2nn3ncnc(N)c3c2-c2ccc(C(=O)NCC3(F)CC3)c(OC)c2)c(OC)c1. The summed E-state index contributed by atoms with van der Waals surface area (Å²) >= 11 is 0. The fourth-order valence-corrected chi connectivity index (χ4v) is 4.23. The van der Waals surface area contributed by atoms with E-state index in [-0.39, 0.29) is 29.4 Å². The van der Waals surface area contributed by atoms with Crippen LogP contribution in [0.15, 0.2) is 55.1 Å². The summed E-state index contributed by atoms with van der Waals surface area (Å²) in [4.78, 5) is 28.7. The molecule has 0 saturated heterocycles. The number of methoxy groups -OCH3 is 2. The summed E-state index contributed by atoms with van der Waals surface area (Å²) in [5, 5.41) is 13.8. The highest BCUT2D eigenvalue weighted by Gasteiger charge is 2.43. The van der Waals surface area contributed by atoms with Crippen LogP contribution in [0.3, 0.4) is 0 Å². The molecule has 1 aliphatic rings. The number of hydrogen-bond acceptors (Lipinski definition) is 8. The van der Waals surface area contributed by atoms with E-state index < -0.39 is 23.3 Å². The Morgan fingerprint density at radius 2 is 1.90 bits per heavy atom. The number of hydrogen-bond donors (Lipinski definition) is 3. The Morgan fingerprint density at radius 3 is 2.58 bits per heavy atom. The molecule has 206 valence electrons. The first-order chi connectivity index (χ1) is 19.1. The van der Waals surface area contributed by atoms with Gasteiger partial charge in [-0.3, -0.25) is 9.59 Å². The number of carbonyl (C=O) groups excluding carboxylic acids is 2. The van der Waals surface area contributed by atoms with Gasteiger partial charge in [0.15, 0.2) is 11.6 Å². The Labute approximate surface area is 227 Å². The van der Waals surface area contributed by atoms with Crippen LogP contribution in [-0.4, -0.2) is 58.1 Å². The number of nitrogens with one attached hydrogen (secondary N) is 2. The standard InChI is InChI=1S/C27H25F2N7O4/c1-14(28)25(37)34-16-5-7-17(20(11-16)40-3)22-21(23-24(30)32-13-33-36(23)35-22)15-4-6-18(19(10-15)39-2)26(38)31-12-27(29)8-9-27/h4-7,10-11,13H,1,8-9,12H2,2-3H3,(H,31,38)(H,34,37)(H2,30,32,33). The molecule has 0 aliphatic heterocycles. The molecule has 0 spiro atoms. The minimum atomic E-state index is -1.34. The highest BCUT2D eigenvalue weighted by Crippen LogP contribution is 2.42. The molecular weight excluding hydrogens is 524 g/mol. The van der Waals surface area contributed by atoms with Crippen molar-refractivity contribution in [3.8, 4) is 33.9 Å². The van der Waals surface area contributed by atoms with E-state index in [2.05, 4.69) is 32.4 Å². The van der Waals surface area contributed by atoms with Gasteiger partial charge in [0.2, 0.25) is 0 Å². The first-order valence-electron chi connectivity index (χ1n) is 12.1. The Hall–Kier alpha value is -5.07. The van der Waals surface area contributed by atoms with Crippen LogP contribution in [0.25, 0.3) is 27.9 Å². The van der Waals surface area contributed by atoms with Crippen LogP contribution < -0.4 is 25.8 Å². The van der Waals surface area contributed by atoms with E-state index in [1.807, 2.05) is 0 Å². The zero-order valence-electron chi connectivity index (χ0n) is 21.6. The fourth-order valence-electron chi connectivity index (χ4n) is 4.23. The average Bonchev–Trinajstić information content (AvgIpc) is 3.56. The Bertz CT molecular complexity index is 1670. The van der Waals surface area contributed by atoms with Crippen molar-refractivity contribution in [1.82, 2.24) is 25.1 Å². The lowest BCUT2D eigenvalue weighted by Gasteiger charge is -2.14. The van der Waals surface area contributed by atoms with Gasteiger partial charge in [-0.05, 0) is 42.7 Å². The third kappa shape index (κ3) is 5.00. The highest BCUT2D eigenvalue weighted by atomic mass is 19.1. The number of rotatable bonds is 9. The van der Waals surface area contributed by atoms with Crippen molar-refractivity contribution in [2.75, 3.05) is 31.8 Å². The summed E-state index contributed by atoms with van der Waals surface area (Å²) in [6, 6.07) is 9.57. The Morgan fingerprint density at radius 1 is 1.15 bits per heavy atom. The van der Waals surface area contributed by atoms with Crippen LogP contribution in [-0.2, 0) is 4.79 Å². The normalized spacial score (nSPS) is 13.5. The van der Waals surface area contributed by atoms with E-state index in [0.29, 0.717) is 46.5 Å². The molecule has 40 heavy (non-hydrogen) atoms. The molecule has 0 unspecified atom stereocenters. The number of amides is 2. The van der Waals surface area contributed by atoms with Gasteiger partial charge in [-0.1, -0.05) is 12.6 Å². The van der Waals surface area contributed by atoms with Gasteiger partial charge in [0.05, 0.1) is 26.3 Å². The van der Waals surface area contributed by atoms with Crippen LogP contribution >= 0.6 is 0 Å². The number of carbonyl (C=O) groups is 2. The third-order valence-electron chi connectivity index (χ3n) is 6.52. The van der Waals surface area contributed by atoms with E-state index in [4.69, 9.17) is 15.2 Å². The van der Waals surface area contributed by atoms with Crippen LogP contribution in [0, 0.1) is 0 Å². The monoisotopic (exact) mass is 549 g/mol. The summed E-state index contributed by atoms with van der Waals surface area (Å²) in [6.07, 6.45) is 2.10. The van der Waals surface area contributed by atoms with Gasteiger partial charge >= 0.3 is 0 Å². The number of fused-ring (bicyclic) bond motifs is 1. The van der Waals surface area contributed by atoms with Crippen molar-refractivity contribution in [3.63, 3.8) is 0 Å². The molecule has 4 aromatic rings. The first kappa shape index (κ1) is 26.5. The van der Waals surface area contributed by atoms with Gasteiger partial charge in [-0.25, -0.2) is 13.8 Å². The summed E-state index contributed by atoms with van der Waals surface area (Å²) in [5.74, 6) is -1.89. The van der Waals surface area contributed by atoms with E-state index >= 15 is 0 Å². The van der Waals surface area contributed by atoms with Crippen molar-refractivity contribution >= 4 is 28.8 Å². The molecule has 2 heterocycles. The van der Waals surface area contributed by atoms with Crippen LogP contribution in [0.4, 0.5) is 20.3 Å². The lowest BCUT2D eigenvalue weighted by molar-refractivity contribution is -0.114. The molecule has 2 amide bonds. The van der Waals surface area contributed by atoms with E-state index in [1.54, 1.807) is 30.3 Å². The number of nitrogens with zero attached hydrogens (tertiary/aromatic N) is 4. The van der Waals surface area contributed by atoms with Crippen LogP contribution in [0.5, 0.6) is 11.5 Å². The number of halogens is 2. The summed E-state index contributed by atoms with van der Waals surface area (Å²) in [6.45, 7) is 2.92. The van der Waals surface area contributed by atoms with Gasteiger partial charge in [0, 0.05) is 22.9 Å². The fraction of sp³-hybridized carbons (Fsp3) is 0.222. The maximum absolute atomic E-state index is 14.1. The lowest BCUT2D eigenvalue weighted by Crippen LogP contribution is -2.31. The van der Waals surface area contributed by atoms with Gasteiger partial charge < -0.3 is 25.8 Å². The highest BCUT2D eigenvalue weighted by molar-refractivity contribution is 6.03. The quantitative estimate of drug-likeness (QED) is 0.268. The predicted octanol–water partition coefficient (Wildman–Crippen LogP) is 3.71. The molecule has 1 saturated carbocycles. The average molecular weight is 550 g/mol. The summed E-state index contributed by atoms with van der Waals surface area (Å²) in [7, 11) is 2.85. The topological polar surface area (TPSA) is 146 Å². The smallest absolute Gasteiger partial charge is 0.283 e. The maximum atomic E-state index is 14.1. The number of anilines is 2. The predicted molar refractivity (Wildman–Crippen MR) is 143 cm³/mol. The van der Waals surface area contributed by atoms with E-state index in [1.165, 1.54) is 31.2 Å². The molecular formula is C27H25F2N7O4. The zero-order chi connectivity index (χ0) is 28.6. The molecule has 1 fully saturated rings. The summed E-state index contributed by atoms with van der Waals surface area (Å²) < 4.78 is 39.7. The van der Waals surface area contributed by atoms with Crippen molar-refractivity contribution in [2.24, 2.45) is 0 Å². The zero-order valence-corrected chi connectivity index (χ0v) is 21.6. The van der Waals surface area contributed by atoms with E-state index in [0.717, 1.165) is 0 Å². The van der Waals surface area contributed by atoms with Gasteiger partial charge in [-0.15, -0.1) is 14.8 Å². The molecule has 13 heteroatoms. The number of benzene rings is 2. The minimum Gasteiger partial charge on any atom is -0.496 e. The van der Waals surface area contributed by atoms with Crippen LogP contribution in [0.2, 0.25) is 0 Å². The van der Waals surface area contributed by atoms with Gasteiger partial charge in [0.25, 0.3) is 11.8 Å². The second kappa shape index (κ2) is 10.2. The molecule has 0 atom stereocenters. The van der Waals surface area contributed by atoms with Crippen molar-refractivity contribution in [3.05, 3.63) is 60.7 Å². The Kier molecular flexibility index (Phi) is 6.80. The number of nitrogen functional groups attached to an aromatic ring is 1. The first-order valence-corrected chi connectivity index (χ1v) is 12.1. The molecule has 0 bridgehead atoms. The second-order valence-electron chi connectivity index (χ2n) is 9.23. The largest absolute Gasteiger partial charge is 0.496 e. The molecule has 2 aromatic carbocycles. The lowest BCUT2D eigenvalue weighted by atomic mass is 9.97. The number of aromatic nitrogens is 4. The maximum Gasteiger partial charge on any atom is 0.283 e. The third-order valence-corrected chi connectivity index (χ3v) is 6.52. The van der Waals surface area contributed by atoms with Crippen LogP contribution in [0.1, 0.15) is 23.2 Å². The number of ether oxygens (including phenoxy) is 2.